The molecule has 6 heteroatoms. The van der Waals surface area contributed by atoms with Crippen molar-refractivity contribution in [3.05, 3.63) is 36.3 Å². The van der Waals surface area contributed by atoms with Gasteiger partial charge in [0.1, 0.15) is 11.6 Å². The number of nitrogens with zero attached hydrogens (tertiary/aromatic N) is 1. The van der Waals surface area contributed by atoms with Crippen molar-refractivity contribution in [3.63, 3.8) is 0 Å². The highest BCUT2D eigenvalue weighted by atomic mass is 19.3. The fourth-order valence-electron chi connectivity index (χ4n) is 1.49. The molecule has 0 saturated carbocycles. The van der Waals surface area contributed by atoms with Crippen LogP contribution in [-0.4, -0.2) is 16.6 Å². The molecule has 0 saturated heterocycles. The number of nitrogens with one attached hydrogen (secondary N) is 1. The zero-order chi connectivity index (χ0) is 12.3. The van der Waals surface area contributed by atoms with Crippen LogP contribution in [0.15, 0.2) is 30.5 Å². The predicted molar refractivity (Wildman–Crippen MR) is 58.5 cm³/mol. The number of benzene rings is 1. The van der Waals surface area contributed by atoms with Gasteiger partial charge in [-0.25, -0.2) is 4.98 Å². The number of rotatable bonds is 4. The highest BCUT2D eigenvalue weighted by Crippen LogP contribution is 2.29. The summed E-state index contributed by atoms with van der Waals surface area (Å²) in [6.07, 6.45) is 1.54. The van der Waals surface area contributed by atoms with E-state index in [1.807, 2.05) is 0 Å². The van der Waals surface area contributed by atoms with Crippen LogP contribution in [0.3, 0.4) is 0 Å². The maximum atomic E-state index is 12.2. The van der Waals surface area contributed by atoms with Crippen molar-refractivity contribution in [2.75, 3.05) is 0 Å². The molecular weight excluding hydrogens is 228 g/mol. The number of aromatic amines is 1. The Balaban J connectivity index is 2.36. The maximum absolute atomic E-state index is 12.2. The molecule has 0 atom stereocenters. The second-order valence-electron chi connectivity index (χ2n) is 3.32. The van der Waals surface area contributed by atoms with E-state index >= 15 is 0 Å². The summed E-state index contributed by atoms with van der Waals surface area (Å²) >= 11 is 0. The van der Waals surface area contributed by atoms with Gasteiger partial charge in [-0.3, -0.25) is 0 Å². The predicted octanol–water partition coefficient (Wildman–Crippen LogP) is 2.14. The number of hydrogen-bond donors (Lipinski definition) is 2. The minimum absolute atomic E-state index is 0.106. The molecule has 2 rings (SSSR count). The minimum atomic E-state index is -2.85. The van der Waals surface area contributed by atoms with Gasteiger partial charge in [0.25, 0.3) is 0 Å². The Morgan fingerprint density at radius 3 is 2.76 bits per heavy atom. The highest BCUT2D eigenvalue weighted by molar-refractivity contribution is 5.66. The van der Waals surface area contributed by atoms with Crippen molar-refractivity contribution in [2.45, 2.75) is 13.2 Å². The molecule has 0 fully saturated rings. The van der Waals surface area contributed by atoms with E-state index in [0.29, 0.717) is 17.1 Å². The van der Waals surface area contributed by atoms with E-state index in [1.54, 1.807) is 18.2 Å². The van der Waals surface area contributed by atoms with Crippen molar-refractivity contribution in [1.82, 2.24) is 9.97 Å². The number of H-pyrrole nitrogens is 1. The Morgan fingerprint density at radius 1 is 1.35 bits per heavy atom. The van der Waals surface area contributed by atoms with Gasteiger partial charge in [0.05, 0.1) is 18.4 Å². The number of hydrogen-bond acceptors (Lipinski definition) is 3. The third kappa shape index (κ3) is 2.59. The van der Waals surface area contributed by atoms with Gasteiger partial charge in [-0.05, 0) is 12.1 Å². The van der Waals surface area contributed by atoms with Crippen LogP contribution in [0.1, 0.15) is 5.82 Å². The molecule has 90 valence electrons. The van der Waals surface area contributed by atoms with Gasteiger partial charge in [0.15, 0.2) is 0 Å². The summed E-state index contributed by atoms with van der Waals surface area (Å²) in [6, 6.07) is 6.51. The molecule has 3 N–H and O–H groups in total. The molecule has 1 aromatic heterocycles. The Bertz CT molecular complexity index is 499. The SMILES string of the molecule is NCc1ncc(-c2ccccc2OC(F)F)[nH]1. The Morgan fingerprint density at radius 2 is 2.12 bits per heavy atom. The van der Waals surface area contributed by atoms with Crippen molar-refractivity contribution < 1.29 is 13.5 Å². The lowest BCUT2D eigenvalue weighted by molar-refractivity contribution is -0.0494. The molecule has 0 spiro atoms. The zero-order valence-corrected chi connectivity index (χ0v) is 8.86. The molecule has 4 nitrogen and oxygen atoms in total. The van der Waals surface area contributed by atoms with Crippen LogP contribution < -0.4 is 10.5 Å². The van der Waals surface area contributed by atoms with Gasteiger partial charge >= 0.3 is 6.61 Å². The van der Waals surface area contributed by atoms with Crippen LogP contribution in [0.25, 0.3) is 11.3 Å². The summed E-state index contributed by atoms with van der Waals surface area (Å²) in [7, 11) is 0. The largest absolute Gasteiger partial charge is 0.434 e. The van der Waals surface area contributed by atoms with E-state index in [-0.39, 0.29) is 12.3 Å². The van der Waals surface area contributed by atoms with Gasteiger partial charge < -0.3 is 15.5 Å². The molecular formula is C11H11F2N3O. The summed E-state index contributed by atoms with van der Waals surface area (Å²) in [5, 5.41) is 0. The first-order valence-electron chi connectivity index (χ1n) is 4.99. The van der Waals surface area contributed by atoms with E-state index < -0.39 is 6.61 Å². The van der Waals surface area contributed by atoms with Crippen molar-refractivity contribution in [3.8, 4) is 17.0 Å². The quantitative estimate of drug-likeness (QED) is 0.859. The molecule has 17 heavy (non-hydrogen) atoms. The molecule has 0 aliphatic rings. The van der Waals surface area contributed by atoms with E-state index in [0.717, 1.165) is 0 Å². The Labute approximate surface area is 96.4 Å². The molecule has 0 amide bonds. The van der Waals surface area contributed by atoms with E-state index in [4.69, 9.17) is 5.73 Å². The number of ether oxygens (including phenoxy) is 1. The molecule has 0 radical (unpaired) electrons. The number of halogens is 2. The number of imidazole rings is 1. The normalized spacial score (nSPS) is 10.8. The Hall–Kier alpha value is -1.95. The van der Waals surface area contributed by atoms with Gasteiger partial charge in [-0.15, -0.1) is 0 Å². The van der Waals surface area contributed by atoms with Gasteiger partial charge in [-0.2, -0.15) is 8.78 Å². The highest BCUT2D eigenvalue weighted by Gasteiger charge is 2.12. The zero-order valence-electron chi connectivity index (χ0n) is 8.86. The third-order valence-electron chi connectivity index (χ3n) is 2.22. The number of aromatic nitrogens is 2. The van der Waals surface area contributed by atoms with Crippen LogP contribution in [-0.2, 0) is 6.54 Å². The maximum Gasteiger partial charge on any atom is 0.387 e. The van der Waals surface area contributed by atoms with Gasteiger partial charge in [-0.1, -0.05) is 12.1 Å². The van der Waals surface area contributed by atoms with Crippen LogP contribution in [0, 0.1) is 0 Å². The molecule has 1 heterocycles. The standard InChI is InChI=1S/C11H11F2N3O/c12-11(13)17-9-4-2-1-3-7(9)8-6-15-10(5-14)16-8/h1-4,6,11H,5,14H2,(H,15,16). The summed E-state index contributed by atoms with van der Waals surface area (Å²) in [5.41, 5.74) is 6.54. The van der Waals surface area contributed by atoms with E-state index in [2.05, 4.69) is 14.7 Å². The third-order valence-corrected chi connectivity index (χ3v) is 2.22. The van der Waals surface area contributed by atoms with Crippen LogP contribution in [0.4, 0.5) is 8.78 Å². The lowest BCUT2D eigenvalue weighted by atomic mass is 10.1. The van der Waals surface area contributed by atoms with Gasteiger partial charge in [0.2, 0.25) is 0 Å². The summed E-state index contributed by atoms with van der Waals surface area (Å²) in [6.45, 7) is -2.59. The Kier molecular flexibility index (Phi) is 3.34. The number of nitrogens with two attached hydrogens (primary N) is 1. The average molecular weight is 239 g/mol. The lowest BCUT2D eigenvalue weighted by Crippen LogP contribution is -2.03. The summed E-state index contributed by atoms with van der Waals surface area (Å²) in [5.74, 6) is 0.696. The van der Waals surface area contributed by atoms with Gasteiger partial charge in [0, 0.05) is 5.56 Å². The average Bonchev–Trinajstić information content (AvgIpc) is 2.77. The first-order chi connectivity index (χ1) is 8.20. The number of para-hydroxylation sites is 1. The molecule has 0 aliphatic heterocycles. The summed E-state index contributed by atoms with van der Waals surface area (Å²) < 4.78 is 28.9. The number of alkyl halides is 2. The molecule has 0 bridgehead atoms. The second-order valence-corrected chi connectivity index (χ2v) is 3.32. The minimum Gasteiger partial charge on any atom is -0.434 e. The molecule has 1 aromatic carbocycles. The van der Waals surface area contributed by atoms with Crippen LogP contribution >= 0.6 is 0 Å². The molecule has 0 unspecified atom stereocenters. The molecule has 2 aromatic rings. The van der Waals surface area contributed by atoms with E-state index in [9.17, 15) is 8.78 Å². The lowest BCUT2D eigenvalue weighted by Gasteiger charge is -2.08. The second kappa shape index (κ2) is 4.92. The van der Waals surface area contributed by atoms with Crippen molar-refractivity contribution in [2.24, 2.45) is 5.73 Å². The smallest absolute Gasteiger partial charge is 0.387 e. The summed E-state index contributed by atoms with van der Waals surface area (Å²) in [4.78, 5) is 6.94. The first kappa shape index (κ1) is 11.5. The monoisotopic (exact) mass is 239 g/mol. The van der Waals surface area contributed by atoms with Crippen molar-refractivity contribution in [1.29, 1.82) is 0 Å². The van der Waals surface area contributed by atoms with Crippen LogP contribution in [0.2, 0.25) is 0 Å². The fourth-order valence-corrected chi connectivity index (χ4v) is 1.49. The first-order valence-corrected chi connectivity index (χ1v) is 4.99. The van der Waals surface area contributed by atoms with Crippen LogP contribution in [0.5, 0.6) is 5.75 Å². The van der Waals surface area contributed by atoms with Crippen molar-refractivity contribution >= 4 is 0 Å². The fraction of sp³-hybridized carbons (Fsp3) is 0.182. The topological polar surface area (TPSA) is 63.9 Å². The van der Waals surface area contributed by atoms with E-state index in [1.165, 1.54) is 12.3 Å². The molecule has 0 aliphatic carbocycles.